The minimum Gasteiger partial charge on any atom is -0.477 e. The number of rotatable bonds is 4. The van der Waals surface area contributed by atoms with Crippen LogP contribution < -0.4 is 4.90 Å². The zero-order chi connectivity index (χ0) is 17.1. The van der Waals surface area contributed by atoms with E-state index in [0.29, 0.717) is 43.9 Å². The number of morpholine rings is 1. The van der Waals surface area contributed by atoms with Crippen LogP contribution in [0.4, 0.5) is 5.00 Å². The summed E-state index contributed by atoms with van der Waals surface area (Å²) in [6.07, 6.45) is 0.429. The van der Waals surface area contributed by atoms with Gasteiger partial charge in [-0.05, 0) is 17.7 Å². The number of nitrogens with zero attached hydrogens (tertiary/aromatic N) is 2. The molecule has 0 saturated carbocycles. The largest absolute Gasteiger partial charge is 0.477 e. The molecule has 0 spiro atoms. The van der Waals surface area contributed by atoms with E-state index in [1.54, 1.807) is 0 Å². The topological polar surface area (TPSA) is 73.6 Å². The second-order valence-corrected chi connectivity index (χ2v) is 7.32. The van der Waals surface area contributed by atoms with Crippen molar-refractivity contribution in [1.82, 2.24) is 0 Å². The average Bonchev–Trinajstić information content (AvgIpc) is 2.96. The third-order valence-corrected chi connectivity index (χ3v) is 5.70. The number of anilines is 1. The van der Waals surface area contributed by atoms with Crippen molar-refractivity contribution in [3.05, 3.63) is 50.3 Å². The second kappa shape index (κ2) is 7.34. The molecule has 0 radical (unpaired) electrons. The molecule has 0 aliphatic carbocycles. The van der Waals surface area contributed by atoms with Crippen LogP contribution in [0, 0.1) is 11.3 Å². The molecule has 1 saturated heterocycles. The molecule has 1 aromatic heterocycles. The number of halogens is 1. The van der Waals surface area contributed by atoms with Gasteiger partial charge in [-0.1, -0.05) is 28.1 Å². The molecule has 0 amide bonds. The number of thiophene rings is 1. The Balaban J connectivity index is 2.02. The first kappa shape index (κ1) is 17.0. The van der Waals surface area contributed by atoms with Gasteiger partial charge >= 0.3 is 5.97 Å². The molecule has 124 valence electrons. The Morgan fingerprint density at radius 2 is 2.00 bits per heavy atom. The predicted octanol–water partition coefficient (Wildman–Crippen LogP) is 3.51. The van der Waals surface area contributed by atoms with Gasteiger partial charge in [-0.2, -0.15) is 5.26 Å². The van der Waals surface area contributed by atoms with E-state index < -0.39 is 5.97 Å². The standard InChI is InChI=1S/C17H15BrN2O3S/c18-12-3-1-11(2-4-12)9-13-14(10-19)16(24-15(13)17(21)22)20-5-7-23-8-6-20/h1-4H,5-9H2,(H,21,22). The van der Waals surface area contributed by atoms with Crippen molar-refractivity contribution < 1.29 is 14.6 Å². The summed E-state index contributed by atoms with van der Waals surface area (Å²) in [5.74, 6) is -0.983. The fourth-order valence-corrected chi connectivity index (χ4v) is 4.13. The van der Waals surface area contributed by atoms with Gasteiger partial charge in [0.25, 0.3) is 0 Å². The predicted molar refractivity (Wildman–Crippen MR) is 96.0 cm³/mol. The van der Waals surface area contributed by atoms with Crippen molar-refractivity contribution in [2.24, 2.45) is 0 Å². The van der Waals surface area contributed by atoms with Crippen LogP contribution in [0.5, 0.6) is 0 Å². The number of nitriles is 1. The number of carbonyl (C=O) groups is 1. The molecule has 1 N–H and O–H groups in total. The fourth-order valence-electron chi connectivity index (χ4n) is 2.70. The van der Waals surface area contributed by atoms with E-state index in [9.17, 15) is 15.2 Å². The number of carboxylic acids is 1. The summed E-state index contributed by atoms with van der Waals surface area (Å²) in [7, 11) is 0. The molecule has 0 bridgehead atoms. The molecule has 7 heteroatoms. The van der Waals surface area contributed by atoms with Crippen molar-refractivity contribution in [1.29, 1.82) is 5.26 Å². The Morgan fingerprint density at radius 3 is 2.58 bits per heavy atom. The van der Waals surface area contributed by atoms with Crippen LogP contribution in [0.2, 0.25) is 0 Å². The normalized spacial score (nSPS) is 14.4. The molecule has 2 heterocycles. The van der Waals surface area contributed by atoms with E-state index >= 15 is 0 Å². The second-order valence-electron chi connectivity index (χ2n) is 5.41. The van der Waals surface area contributed by atoms with Gasteiger partial charge < -0.3 is 14.7 Å². The lowest BCUT2D eigenvalue weighted by molar-refractivity contribution is 0.0701. The van der Waals surface area contributed by atoms with Crippen LogP contribution in [-0.4, -0.2) is 37.4 Å². The van der Waals surface area contributed by atoms with Gasteiger partial charge in [0.1, 0.15) is 15.9 Å². The van der Waals surface area contributed by atoms with Crippen LogP contribution >= 0.6 is 27.3 Å². The third-order valence-electron chi connectivity index (χ3n) is 3.89. The van der Waals surface area contributed by atoms with Crippen molar-refractivity contribution in [3.63, 3.8) is 0 Å². The molecule has 24 heavy (non-hydrogen) atoms. The number of ether oxygens (including phenoxy) is 1. The highest BCUT2D eigenvalue weighted by Gasteiger charge is 2.26. The smallest absolute Gasteiger partial charge is 0.346 e. The molecule has 3 rings (SSSR count). The Labute approximate surface area is 152 Å². The lowest BCUT2D eigenvalue weighted by Gasteiger charge is -2.27. The summed E-state index contributed by atoms with van der Waals surface area (Å²) in [5, 5.41) is 20.0. The zero-order valence-electron chi connectivity index (χ0n) is 12.8. The maximum Gasteiger partial charge on any atom is 0.346 e. The van der Waals surface area contributed by atoms with Crippen molar-refractivity contribution in [2.75, 3.05) is 31.2 Å². The molecule has 1 aliphatic rings. The van der Waals surface area contributed by atoms with Gasteiger partial charge in [0.05, 0.1) is 18.8 Å². The van der Waals surface area contributed by atoms with Gasteiger partial charge in [0.2, 0.25) is 0 Å². The zero-order valence-corrected chi connectivity index (χ0v) is 15.2. The van der Waals surface area contributed by atoms with Crippen LogP contribution in [0.1, 0.15) is 26.4 Å². The summed E-state index contributed by atoms with van der Waals surface area (Å²) in [6, 6.07) is 9.92. The van der Waals surface area contributed by atoms with Gasteiger partial charge in [-0.15, -0.1) is 11.3 Å². The Hall–Kier alpha value is -1.88. The number of carboxylic acid groups (broad SMARTS) is 1. The van der Waals surface area contributed by atoms with E-state index in [0.717, 1.165) is 15.0 Å². The summed E-state index contributed by atoms with van der Waals surface area (Å²) in [4.78, 5) is 14.0. The Kier molecular flexibility index (Phi) is 5.19. The van der Waals surface area contributed by atoms with Crippen molar-refractivity contribution in [2.45, 2.75) is 6.42 Å². The van der Waals surface area contributed by atoms with Crippen molar-refractivity contribution in [3.8, 4) is 6.07 Å². The minimum absolute atomic E-state index is 0.246. The highest BCUT2D eigenvalue weighted by Crippen LogP contribution is 2.37. The van der Waals surface area contributed by atoms with Crippen LogP contribution in [0.25, 0.3) is 0 Å². The van der Waals surface area contributed by atoms with E-state index in [4.69, 9.17) is 4.74 Å². The number of benzene rings is 1. The fraction of sp³-hybridized carbons (Fsp3) is 0.294. The maximum atomic E-state index is 11.7. The first-order valence-electron chi connectivity index (χ1n) is 7.46. The van der Waals surface area contributed by atoms with Gasteiger partial charge in [0.15, 0.2) is 0 Å². The summed E-state index contributed by atoms with van der Waals surface area (Å²) >= 11 is 4.58. The van der Waals surface area contributed by atoms with Crippen LogP contribution in [0.15, 0.2) is 28.7 Å². The first-order chi connectivity index (χ1) is 11.6. The summed E-state index contributed by atoms with van der Waals surface area (Å²) in [5.41, 5.74) is 2.05. The monoisotopic (exact) mass is 406 g/mol. The lowest BCUT2D eigenvalue weighted by Crippen LogP contribution is -2.36. The van der Waals surface area contributed by atoms with E-state index in [1.807, 2.05) is 29.2 Å². The molecule has 0 unspecified atom stereocenters. The lowest BCUT2D eigenvalue weighted by atomic mass is 10.0. The Morgan fingerprint density at radius 1 is 1.33 bits per heavy atom. The molecule has 0 atom stereocenters. The number of aromatic carboxylic acids is 1. The molecule has 1 aliphatic heterocycles. The molecule has 1 aromatic carbocycles. The summed E-state index contributed by atoms with van der Waals surface area (Å²) in [6.45, 7) is 2.53. The van der Waals surface area contributed by atoms with Gasteiger partial charge in [-0.3, -0.25) is 0 Å². The van der Waals surface area contributed by atoms with E-state index in [-0.39, 0.29) is 4.88 Å². The quantitative estimate of drug-likeness (QED) is 0.840. The molecular formula is C17H15BrN2O3S. The molecule has 1 fully saturated rings. The van der Waals surface area contributed by atoms with Gasteiger partial charge in [-0.25, -0.2) is 4.79 Å². The van der Waals surface area contributed by atoms with E-state index in [2.05, 4.69) is 22.0 Å². The number of hydrogen-bond acceptors (Lipinski definition) is 5. The third kappa shape index (κ3) is 3.46. The maximum absolute atomic E-state index is 11.7. The molecule has 5 nitrogen and oxygen atoms in total. The average molecular weight is 407 g/mol. The van der Waals surface area contributed by atoms with Crippen LogP contribution in [0.3, 0.4) is 0 Å². The summed E-state index contributed by atoms with van der Waals surface area (Å²) < 4.78 is 6.31. The molecular weight excluding hydrogens is 392 g/mol. The highest BCUT2D eigenvalue weighted by atomic mass is 79.9. The van der Waals surface area contributed by atoms with Crippen LogP contribution in [-0.2, 0) is 11.2 Å². The molecule has 2 aromatic rings. The highest BCUT2D eigenvalue weighted by molar-refractivity contribution is 9.10. The SMILES string of the molecule is N#Cc1c(N2CCOCC2)sc(C(=O)O)c1Cc1ccc(Br)cc1. The Bertz CT molecular complexity index is 789. The minimum atomic E-state index is -0.983. The first-order valence-corrected chi connectivity index (χ1v) is 9.07. The number of hydrogen-bond donors (Lipinski definition) is 1. The van der Waals surface area contributed by atoms with Crippen molar-refractivity contribution >= 4 is 38.2 Å². The van der Waals surface area contributed by atoms with E-state index in [1.165, 1.54) is 11.3 Å². The van der Waals surface area contributed by atoms with Gasteiger partial charge in [0, 0.05) is 29.5 Å².